The molecule has 2 aromatic rings. The van der Waals surface area contributed by atoms with Gasteiger partial charge in [0, 0.05) is 31.9 Å². The summed E-state index contributed by atoms with van der Waals surface area (Å²) >= 11 is 0. The molecule has 1 fully saturated rings. The minimum Gasteiger partial charge on any atom is -0.394 e. The molecule has 0 aliphatic carbocycles. The quantitative estimate of drug-likeness (QED) is 0.838. The van der Waals surface area contributed by atoms with Gasteiger partial charge in [0.1, 0.15) is 5.69 Å². The highest BCUT2D eigenvalue weighted by atomic mass is 15.4. The number of aromatic nitrogens is 2. The Hall–Kier alpha value is -1.75. The summed E-state index contributed by atoms with van der Waals surface area (Å²) in [5, 5.41) is 4.72. The average molecular weight is 259 g/mol. The van der Waals surface area contributed by atoms with Gasteiger partial charge in [0.2, 0.25) is 0 Å². The molecule has 5 nitrogen and oxygen atoms in total. The largest absolute Gasteiger partial charge is 0.394 e. The topological polar surface area (TPSA) is 49.8 Å². The molecule has 0 unspecified atom stereocenters. The maximum atomic E-state index is 6.28. The van der Waals surface area contributed by atoms with Crippen molar-refractivity contribution in [1.29, 1.82) is 0 Å². The average Bonchev–Trinajstić information content (AvgIpc) is 2.73. The van der Waals surface area contributed by atoms with Crippen LogP contribution in [-0.2, 0) is 0 Å². The lowest BCUT2D eigenvalue weighted by Crippen LogP contribution is -2.44. The van der Waals surface area contributed by atoms with Gasteiger partial charge in [0.05, 0.1) is 5.52 Å². The third kappa shape index (κ3) is 1.94. The van der Waals surface area contributed by atoms with Crippen LogP contribution in [0.3, 0.4) is 0 Å². The van der Waals surface area contributed by atoms with E-state index in [9.17, 15) is 0 Å². The van der Waals surface area contributed by atoms with Crippen LogP contribution < -0.4 is 10.6 Å². The first-order chi connectivity index (χ1) is 9.08. The smallest absolute Gasteiger partial charge is 0.175 e. The minimum atomic E-state index is 0.799. The number of nitrogens with zero attached hydrogens (tertiary/aromatic N) is 4. The summed E-state index contributed by atoms with van der Waals surface area (Å²) in [7, 11) is 2.15. The number of hydrogen-bond acceptors (Lipinski definition) is 4. The van der Waals surface area contributed by atoms with Crippen LogP contribution in [0.2, 0.25) is 0 Å². The minimum absolute atomic E-state index is 0.799. The number of pyridine rings is 1. The third-order valence-electron chi connectivity index (χ3n) is 4.12. The second kappa shape index (κ2) is 4.42. The molecule has 2 aromatic heterocycles. The Bertz CT molecular complexity index is 608. The summed E-state index contributed by atoms with van der Waals surface area (Å²) in [6.07, 6.45) is 0. The normalized spacial score (nSPS) is 17.3. The van der Waals surface area contributed by atoms with Gasteiger partial charge in [-0.1, -0.05) is 6.07 Å². The number of anilines is 2. The molecule has 0 atom stereocenters. The monoisotopic (exact) mass is 259 g/mol. The molecular weight excluding hydrogens is 238 g/mol. The lowest BCUT2D eigenvalue weighted by atomic mass is 10.2. The van der Waals surface area contributed by atoms with E-state index in [1.54, 1.807) is 0 Å². The Morgan fingerprint density at radius 3 is 2.47 bits per heavy atom. The van der Waals surface area contributed by atoms with Gasteiger partial charge >= 0.3 is 0 Å². The van der Waals surface area contributed by atoms with E-state index in [1.807, 2.05) is 4.52 Å². The van der Waals surface area contributed by atoms with Crippen LogP contribution >= 0.6 is 0 Å². The van der Waals surface area contributed by atoms with Crippen molar-refractivity contribution in [3.8, 4) is 0 Å². The zero-order chi connectivity index (χ0) is 13.6. The number of rotatable bonds is 1. The van der Waals surface area contributed by atoms with E-state index in [4.69, 9.17) is 10.8 Å². The lowest BCUT2D eigenvalue weighted by molar-refractivity contribution is 0.312. The van der Waals surface area contributed by atoms with Crippen LogP contribution in [0.4, 0.5) is 11.5 Å². The van der Waals surface area contributed by atoms with Crippen molar-refractivity contribution in [2.45, 2.75) is 13.8 Å². The van der Waals surface area contributed by atoms with Gasteiger partial charge in [-0.15, -0.1) is 5.10 Å². The summed E-state index contributed by atoms with van der Waals surface area (Å²) < 4.78 is 1.97. The standard InChI is InChI=1S/C14H21N5/c1-10-4-5-12-13(15)14(16-19(12)11(10)2)18-8-6-17(3)7-9-18/h4-5H,6-9,15H2,1-3H3. The predicted octanol–water partition coefficient (Wildman–Crippen LogP) is 1.29. The molecule has 0 radical (unpaired) electrons. The molecule has 102 valence electrons. The number of nitrogens with two attached hydrogens (primary N) is 1. The van der Waals surface area contributed by atoms with Crippen LogP contribution in [0.1, 0.15) is 11.3 Å². The maximum absolute atomic E-state index is 6.28. The first-order valence-electron chi connectivity index (χ1n) is 6.76. The second-order valence-corrected chi connectivity index (χ2v) is 5.43. The first-order valence-corrected chi connectivity index (χ1v) is 6.76. The Labute approximate surface area is 113 Å². The summed E-state index contributed by atoms with van der Waals surface area (Å²) in [6, 6.07) is 4.17. The zero-order valence-corrected chi connectivity index (χ0v) is 11.8. The Kier molecular flexibility index (Phi) is 2.86. The van der Waals surface area contributed by atoms with E-state index in [0.29, 0.717) is 0 Å². The number of nitrogen functional groups attached to an aromatic ring is 1. The van der Waals surface area contributed by atoms with E-state index in [0.717, 1.165) is 48.9 Å². The van der Waals surface area contributed by atoms with E-state index in [2.05, 4.69) is 42.8 Å². The number of fused-ring (bicyclic) bond motifs is 1. The molecule has 1 aliphatic rings. The van der Waals surface area contributed by atoms with E-state index in [1.165, 1.54) is 5.56 Å². The molecule has 1 saturated heterocycles. The fraction of sp³-hybridized carbons (Fsp3) is 0.500. The number of likely N-dealkylation sites (N-methyl/N-ethyl adjacent to an activating group) is 1. The van der Waals surface area contributed by atoms with Crippen LogP contribution in [0.25, 0.3) is 5.52 Å². The highest BCUT2D eigenvalue weighted by Crippen LogP contribution is 2.28. The molecule has 5 heteroatoms. The van der Waals surface area contributed by atoms with Crippen molar-refractivity contribution in [2.24, 2.45) is 0 Å². The van der Waals surface area contributed by atoms with E-state index in [-0.39, 0.29) is 0 Å². The third-order valence-corrected chi connectivity index (χ3v) is 4.12. The molecule has 3 rings (SSSR count). The second-order valence-electron chi connectivity index (χ2n) is 5.43. The number of piperazine rings is 1. The number of hydrogen-bond donors (Lipinski definition) is 1. The highest BCUT2D eigenvalue weighted by Gasteiger charge is 2.21. The van der Waals surface area contributed by atoms with Gasteiger partial charge in [0.15, 0.2) is 5.82 Å². The molecular formula is C14H21N5. The molecule has 0 bridgehead atoms. The van der Waals surface area contributed by atoms with Gasteiger partial charge in [-0.2, -0.15) is 0 Å². The lowest BCUT2D eigenvalue weighted by Gasteiger charge is -2.32. The highest BCUT2D eigenvalue weighted by molar-refractivity contribution is 5.82. The molecule has 0 saturated carbocycles. The molecule has 0 aromatic carbocycles. The van der Waals surface area contributed by atoms with Crippen molar-refractivity contribution in [1.82, 2.24) is 14.5 Å². The summed E-state index contributed by atoms with van der Waals surface area (Å²) in [4.78, 5) is 4.62. The van der Waals surface area contributed by atoms with Crippen molar-refractivity contribution >= 4 is 17.0 Å². The molecule has 0 amide bonds. The van der Waals surface area contributed by atoms with Crippen LogP contribution in [0, 0.1) is 13.8 Å². The fourth-order valence-corrected chi connectivity index (χ4v) is 2.59. The molecule has 0 spiro atoms. The van der Waals surface area contributed by atoms with Gasteiger partial charge < -0.3 is 15.5 Å². The fourth-order valence-electron chi connectivity index (χ4n) is 2.59. The Balaban J connectivity index is 2.05. The molecule has 1 aliphatic heterocycles. The van der Waals surface area contributed by atoms with Crippen molar-refractivity contribution in [3.05, 3.63) is 23.4 Å². The van der Waals surface area contributed by atoms with Crippen molar-refractivity contribution in [2.75, 3.05) is 43.9 Å². The van der Waals surface area contributed by atoms with Gasteiger partial charge in [-0.3, -0.25) is 0 Å². The van der Waals surface area contributed by atoms with E-state index < -0.39 is 0 Å². The summed E-state index contributed by atoms with van der Waals surface area (Å²) in [6.45, 7) is 8.28. The molecule has 19 heavy (non-hydrogen) atoms. The van der Waals surface area contributed by atoms with Crippen LogP contribution in [0.15, 0.2) is 12.1 Å². The van der Waals surface area contributed by atoms with Crippen LogP contribution in [-0.4, -0.2) is 47.7 Å². The van der Waals surface area contributed by atoms with Gasteiger partial charge in [-0.05, 0) is 32.5 Å². The zero-order valence-electron chi connectivity index (χ0n) is 11.8. The van der Waals surface area contributed by atoms with Gasteiger partial charge in [-0.25, -0.2) is 4.52 Å². The van der Waals surface area contributed by atoms with Gasteiger partial charge in [0.25, 0.3) is 0 Å². The number of aryl methyl sites for hydroxylation is 2. The first kappa shape index (κ1) is 12.3. The van der Waals surface area contributed by atoms with Crippen LogP contribution in [0.5, 0.6) is 0 Å². The van der Waals surface area contributed by atoms with E-state index >= 15 is 0 Å². The Morgan fingerprint density at radius 2 is 1.79 bits per heavy atom. The van der Waals surface area contributed by atoms with Crippen molar-refractivity contribution < 1.29 is 0 Å². The SMILES string of the molecule is Cc1ccc2c(N)c(N3CCN(C)CC3)nn2c1C. The maximum Gasteiger partial charge on any atom is 0.175 e. The summed E-state index contributed by atoms with van der Waals surface area (Å²) in [5.74, 6) is 0.932. The predicted molar refractivity (Wildman–Crippen MR) is 78.8 cm³/mol. The Morgan fingerprint density at radius 1 is 1.11 bits per heavy atom. The van der Waals surface area contributed by atoms with Crippen molar-refractivity contribution in [3.63, 3.8) is 0 Å². The summed E-state index contributed by atoms with van der Waals surface area (Å²) in [5.41, 5.74) is 10.5. The molecule has 3 heterocycles. The molecule has 2 N–H and O–H groups in total.